The monoisotopic (exact) mass is 493 g/mol. The summed E-state index contributed by atoms with van der Waals surface area (Å²) in [5.41, 5.74) is 1.60. The lowest BCUT2D eigenvalue weighted by atomic mass is 10.2. The van der Waals surface area contributed by atoms with E-state index in [2.05, 4.69) is 5.32 Å². The van der Waals surface area contributed by atoms with E-state index in [-0.39, 0.29) is 22.9 Å². The van der Waals surface area contributed by atoms with Crippen LogP contribution in [0.5, 0.6) is 0 Å². The molecule has 0 atom stereocenters. The molecule has 2 heterocycles. The van der Waals surface area contributed by atoms with Gasteiger partial charge in [0.25, 0.3) is 10.0 Å². The van der Waals surface area contributed by atoms with Gasteiger partial charge in [0.15, 0.2) is 0 Å². The SMILES string of the molecule is CCOC(=O)Nc1ccc(S(=O)(=O)N2CCc3cc(S(=O)(=O)N4CCCCC4)ccc32)cc1. The van der Waals surface area contributed by atoms with Crippen LogP contribution in [0.15, 0.2) is 52.3 Å². The van der Waals surface area contributed by atoms with Crippen molar-refractivity contribution >= 4 is 37.5 Å². The van der Waals surface area contributed by atoms with Gasteiger partial charge in [-0.1, -0.05) is 6.42 Å². The van der Waals surface area contributed by atoms with Crippen molar-refractivity contribution in [2.45, 2.75) is 42.4 Å². The predicted octanol–water partition coefficient (Wildman–Crippen LogP) is 3.18. The van der Waals surface area contributed by atoms with Crippen LogP contribution in [0.3, 0.4) is 0 Å². The second-order valence-electron chi connectivity index (χ2n) is 7.95. The number of nitrogens with zero attached hydrogens (tertiary/aromatic N) is 2. The summed E-state index contributed by atoms with van der Waals surface area (Å²) in [5, 5.41) is 2.52. The zero-order chi connectivity index (χ0) is 23.6. The summed E-state index contributed by atoms with van der Waals surface area (Å²) in [6, 6.07) is 10.5. The van der Waals surface area contributed by atoms with Crippen molar-refractivity contribution < 1.29 is 26.4 Å². The number of carbonyl (C=O) groups excluding carboxylic acids is 1. The lowest BCUT2D eigenvalue weighted by Gasteiger charge is -2.26. The maximum absolute atomic E-state index is 13.2. The Morgan fingerprint density at radius 3 is 2.24 bits per heavy atom. The van der Waals surface area contributed by atoms with E-state index < -0.39 is 26.1 Å². The Kier molecular flexibility index (Phi) is 6.64. The molecule has 2 aromatic rings. The predicted molar refractivity (Wildman–Crippen MR) is 124 cm³/mol. The second kappa shape index (κ2) is 9.32. The molecule has 178 valence electrons. The fraction of sp³-hybridized carbons (Fsp3) is 0.409. The lowest BCUT2D eigenvalue weighted by Crippen LogP contribution is -2.35. The first-order valence-electron chi connectivity index (χ1n) is 10.9. The Labute approximate surface area is 194 Å². The minimum absolute atomic E-state index is 0.0785. The highest BCUT2D eigenvalue weighted by Crippen LogP contribution is 2.35. The Morgan fingerprint density at radius 2 is 1.58 bits per heavy atom. The summed E-state index contributed by atoms with van der Waals surface area (Å²) in [6.07, 6.45) is 2.55. The number of rotatable bonds is 6. The van der Waals surface area contributed by atoms with E-state index in [1.54, 1.807) is 19.1 Å². The van der Waals surface area contributed by atoms with Crippen LogP contribution in [0.1, 0.15) is 31.7 Å². The van der Waals surface area contributed by atoms with Gasteiger partial charge in [-0.05, 0) is 74.2 Å². The normalized spacial score (nSPS) is 16.9. The van der Waals surface area contributed by atoms with Crippen molar-refractivity contribution in [3.63, 3.8) is 0 Å². The number of fused-ring (bicyclic) bond motifs is 1. The van der Waals surface area contributed by atoms with Crippen LogP contribution in [0.25, 0.3) is 0 Å². The Hall–Kier alpha value is -2.63. The summed E-state index contributed by atoms with van der Waals surface area (Å²) < 4.78 is 60.1. The van der Waals surface area contributed by atoms with Crippen LogP contribution >= 0.6 is 0 Å². The number of anilines is 2. The zero-order valence-electron chi connectivity index (χ0n) is 18.4. The molecule has 11 heteroatoms. The third kappa shape index (κ3) is 4.71. The Balaban J connectivity index is 1.55. The van der Waals surface area contributed by atoms with Crippen LogP contribution < -0.4 is 9.62 Å². The van der Waals surface area contributed by atoms with E-state index >= 15 is 0 Å². The molecular weight excluding hydrogens is 466 g/mol. The molecule has 9 nitrogen and oxygen atoms in total. The highest BCUT2D eigenvalue weighted by atomic mass is 32.2. The molecule has 4 rings (SSSR count). The average Bonchev–Trinajstić information content (AvgIpc) is 3.24. The molecule has 0 aliphatic carbocycles. The van der Waals surface area contributed by atoms with Crippen molar-refractivity contribution in [2.24, 2.45) is 0 Å². The van der Waals surface area contributed by atoms with Gasteiger partial charge < -0.3 is 4.74 Å². The Morgan fingerprint density at radius 1 is 0.909 bits per heavy atom. The van der Waals surface area contributed by atoms with Crippen molar-refractivity contribution in [1.29, 1.82) is 0 Å². The molecule has 2 aliphatic heterocycles. The minimum Gasteiger partial charge on any atom is -0.450 e. The summed E-state index contributed by atoms with van der Waals surface area (Å²) in [7, 11) is -7.43. The van der Waals surface area contributed by atoms with E-state index in [1.807, 2.05) is 0 Å². The first kappa shape index (κ1) is 23.5. The fourth-order valence-electron chi connectivity index (χ4n) is 4.13. The van der Waals surface area contributed by atoms with E-state index in [1.165, 1.54) is 38.9 Å². The third-order valence-electron chi connectivity index (χ3n) is 5.82. The number of hydrogen-bond acceptors (Lipinski definition) is 6. The zero-order valence-corrected chi connectivity index (χ0v) is 20.0. The van der Waals surface area contributed by atoms with Gasteiger partial charge in [0, 0.05) is 25.3 Å². The first-order valence-corrected chi connectivity index (χ1v) is 13.8. The second-order valence-corrected chi connectivity index (χ2v) is 11.8. The van der Waals surface area contributed by atoms with E-state index in [0.29, 0.717) is 36.4 Å². The first-order chi connectivity index (χ1) is 15.7. The smallest absolute Gasteiger partial charge is 0.411 e. The van der Waals surface area contributed by atoms with Gasteiger partial charge in [0.2, 0.25) is 10.0 Å². The van der Waals surface area contributed by atoms with Crippen LogP contribution in [0.2, 0.25) is 0 Å². The number of amides is 1. The van der Waals surface area contributed by atoms with Crippen LogP contribution in [-0.4, -0.2) is 53.5 Å². The molecule has 0 saturated carbocycles. The summed E-state index contributed by atoms with van der Waals surface area (Å²) in [6.45, 7) is 3.18. The van der Waals surface area contributed by atoms with Gasteiger partial charge in [0.1, 0.15) is 0 Å². The van der Waals surface area contributed by atoms with Gasteiger partial charge in [-0.3, -0.25) is 9.62 Å². The molecule has 2 aromatic carbocycles. The number of benzene rings is 2. The van der Waals surface area contributed by atoms with Crippen molar-refractivity contribution in [2.75, 3.05) is 35.9 Å². The Bertz CT molecular complexity index is 1240. The van der Waals surface area contributed by atoms with Gasteiger partial charge in [-0.2, -0.15) is 4.31 Å². The molecule has 1 amide bonds. The maximum Gasteiger partial charge on any atom is 0.411 e. The number of nitrogens with one attached hydrogen (secondary N) is 1. The number of piperidine rings is 1. The number of carbonyl (C=O) groups is 1. The molecule has 1 N–H and O–H groups in total. The topological polar surface area (TPSA) is 113 Å². The van der Waals surface area contributed by atoms with Crippen LogP contribution in [0.4, 0.5) is 16.2 Å². The van der Waals surface area contributed by atoms with Gasteiger partial charge >= 0.3 is 6.09 Å². The van der Waals surface area contributed by atoms with Gasteiger partial charge in [0.05, 0.1) is 22.1 Å². The number of sulfonamides is 2. The summed E-state index contributed by atoms with van der Waals surface area (Å²) in [5.74, 6) is 0. The molecule has 1 saturated heterocycles. The highest BCUT2D eigenvalue weighted by molar-refractivity contribution is 7.92. The quantitative estimate of drug-likeness (QED) is 0.661. The fourth-order valence-corrected chi connectivity index (χ4v) is 7.21. The standard InChI is InChI=1S/C22H27N3O6S2/c1-2-31-22(26)23-18-6-8-19(9-7-18)33(29,30)25-15-12-17-16-20(10-11-21(17)25)32(27,28)24-13-4-3-5-14-24/h6-11,16H,2-5,12-15H2,1H3,(H,23,26). The van der Waals surface area contributed by atoms with Crippen molar-refractivity contribution in [3.8, 4) is 0 Å². The summed E-state index contributed by atoms with van der Waals surface area (Å²) >= 11 is 0. The molecule has 0 spiro atoms. The molecule has 1 fully saturated rings. The van der Waals surface area contributed by atoms with E-state index in [0.717, 1.165) is 19.3 Å². The van der Waals surface area contributed by atoms with E-state index in [9.17, 15) is 21.6 Å². The largest absolute Gasteiger partial charge is 0.450 e. The molecule has 0 bridgehead atoms. The third-order valence-corrected chi connectivity index (χ3v) is 9.54. The highest BCUT2D eigenvalue weighted by Gasteiger charge is 2.33. The van der Waals surface area contributed by atoms with Crippen LogP contribution in [0, 0.1) is 0 Å². The molecule has 0 unspecified atom stereocenters. The average molecular weight is 494 g/mol. The molecule has 0 radical (unpaired) electrons. The van der Waals surface area contributed by atoms with Crippen molar-refractivity contribution in [3.05, 3.63) is 48.0 Å². The number of hydrogen-bond donors (Lipinski definition) is 1. The maximum atomic E-state index is 13.2. The van der Waals surface area contributed by atoms with Crippen molar-refractivity contribution in [1.82, 2.24) is 4.31 Å². The molecule has 0 aromatic heterocycles. The van der Waals surface area contributed by atoms with E-state index in [4.69, 9.17) is 4.74 Å². The molecular formula is C22H27N3O6S2. The van der Waals surface area contributed by atoms with Gasteiger partial charge in [-0.25, -0.2) is 21.6 Å². The molecule has 2 aliphatic rings. The summed E-state index contributed by atoms with van der Waals surface area (Å²) in [4.78, 5) is 11.8. The molecule has 33 heavy (non-hydrogen) atoms. The number of ether oxygens (including phenoxy) is 1. The van der Waals surface area contributed by atoms with Crippen LogP contribution in [-0.2, 0) is 31.2 Å². The lowest BCUT2D eigenvalue weighted by molar-refractivity contribution is 0.168. The minimum atomic E-state index is -3.85. The van der Waals surface area contributed by atoms with Gasteiger partial charge in [-0.15, -0.1) is 0 Å².